The summed E-state index contributed by atoms with van der Waals surface area (Å²) in [6.07, 6.45) is 5.76. The van der Waals surface area contributed by atoms with E-state index in [1.54, 1.807) is 11.5 Å². The normalized spacial score (nSPS) is 27.0. The van der Waals surface area contributed by atoms with E-state index in [0.717, 1.165) is 42.3 Å². The number of carbonyl (C=O) groups is 2. The molecule has 1 aromatic heterocycles. The first kappa shape index (κ1) is 18.5. The number of anilines is 2. The molecule has 2 amide bonds. The number of nitrogens with one attached hydrogen (secondary N) is 1. The van der Waals surface area contributed by atoms with E-state index in [9.17, 15) is 9.59 Å². The number of hydrogen-bond donors (Lipinski definition) is 1. The van der Waals surface area contributed by atoms with Crippen LogP contribution in [0.3, 0.4) is 0 Å². The van der Waals surface area contributed by atoms with E-state index < -0.39 is 0 Å². The summed E-state index contributed by atoms with van der Waals surface area (Å²) in [5.74, 6) is -0.0527. The number of para-hydroxylation sites is 2. The first-order valence-corrected chi connectivity index (χ1v) is 11.0. The molecule has 1 saturated heterocycles. The molecule has 2 aromatic carbocycles. The van der Waals surface area contributed by atoms with Gasteiger partial charge in [-0.15, -0.1) is 0 Å². The van der Waals surface area contributed by atoms with Crippen LogP contribution >= 0.6 is 0 Å². The maximum absolute atomic E-state index is 13.1. The summed E-state index contributed by atoms with van der Waals surface area (Å²) < 4.78 is 1.64. The molecule has 3 aliphatic rings. The minimum absolute atomic E-state index is 0.0527. The molecule has 0 unspecified atom stereocenters. The standard InChI is InChI=1S/C25H26N4O2/c1-17(30)28-15-22(18-7-3-5-9-20(18)28)29-16-24(26-23(29)31)11-13-25(14-12-24)19-8-4-6-10-21(19)27(25)2/h3-10,15H,11-14,16H2,1-2H3,(H,26,31)/t24-,25+. The number of nitrogens with zero attached hydrogens (tertiary/aromatic N) is 3. The second-order valence-electron chi connectivity index (χ2n) is 9.32. The lowest BCUT2D eigenvalue weighted by Crippen LogP contribution is -2.59. The van der Waals surface area contributed by atoms with Crippen molar-refractivity contribution in [2.45, 2.75) is 43.7 Å². The fourth-order valence-electron chi connectivity index (χ4n) is 6.09. The number of hydrogen-bond acceptors (Lipinski definition) is 3. The Kier molecular flexibility index (Phi) is 3.65. The zero-order valence-electron chi connectivity index (χ0n) is 17.9. The fourth-order valence-corrected chi connectivity index (χ4v) is 6.09. The van der Waals surface area contributed by atoms with Crippen molar-refractivity contribution in [3.8, 4) is 0 Å². The number of carbonyl (C=O) groups excluding carboxylic acids is 2. The van der Waals surface area contributed by atoms with Crippen molar-refractivity contribution >= 4 is 34.2 Å². The monoisotopic (exact) mass is 414 g/mol. The number of fused-ring (bicyclic) bond motifs is 3. The first-order valence-electron chi connectivity index (χ1n) is 11.0. The number of urea groups is 1. The summed E-state index contributed by atoms with van der Waals surface area (Å²) >= 11 is 0. The van der Waals surface area contributed by atoms with Crippen molar-refractivity contribution in [2.24, 2.45) is 0 Å². The van der Waals surface area contributed by atoms with Gasteiger partial charge in [-0.2, -0.15) is 0 Å². The van der Waals surface area contributed by atoms with Gasteiger partial charge in [0, 0.05) is 36.8 Å². The molecule has 158 valence electrons. The van der Waals surface area contributed by atoms with Crippen molar-refractivity contribution in [2.75, 3.05) is 23.4 Å². The van der Waals surface area contributed by atoms with E-state index in [4.69, 9.17) is 0 Å². The summed E-state index contributed by atoms with van der Waals surface area (Å²) in [6.45, 7) is 2.19. The maximum Gasteiger partial charge on any atom is 0.322 e. The van der Waals surface area contributed by atoms with Gasteiger partial charge in [-0.3, -0.25) is 14.3 Å². The molecule has 31 heavy (non-hydrogen) atoms. The lowest BCUT2D eigenvalue weighted by molar-refractivity contribution is 0.0941. The first-order chi connectivity index (χ1) is 14.9. The van der Waals surface area contributed by atoms with Crippen LogP contribution in [0.2, 0.25) is 0 Å². The van der Waals surface area contributed by atoms with Gasteiger partial charge < -0.3 is 10.2 Å². The molecule has 6 nitrogen and oxygen atoms in total. The Morgan fingerprint density at radius 1 is 0.968 bits per heavy atom. The van der Waals surface area contributed by atoms with E-state index >= 15 is 0 Å². The van der Waals surface area contributed by atoms with Crippen molar-refractivity contribution < 1.29 is 9.59 Å². The van der Waals surface area contributed by atoms with Gasteiger partial charge in [-0.25, -0.2) is 4.79 Å². The Balaban J connectivity index is 1.29. The van der Waals surface area contributed by atoms with Crippen LogP contribution < -0.4 is 15.1 Å². The highest BCUT2D eigenvalue weighted by Crippen LogP contribution is 2.56. The summed E-state index contributed by atoms with van der Waals surface area (Å²) in [7, 11) is 2.19. The van der Waals surface area contributed by atoms with Crippen molar-refractivity contribution in [3.05, 3.63) is 60.3 Å². The molecule has 1 N–H and O–H groups in total. The van der Waals surface area contributed by atoms with Gasteiger partial charge in [-0.05, 0) is 37.8 Å². The Hall–Kier alpha value is -3.28. The zero-order valence-corrected chi connectivity index (χ0v) is 17.9. The molecule has 6 heteroatoms. The Morgan fingerprint density at radius 3 is 2.45 bits per heavy atom. The van der Waals surface area contributed by atoms with E-state index in [-0.39, 0.29) is 23.0 Å². The molecule has 2 spiro atoms. The summed E-state index contributed by atoms with van der Waals surface area (Å²) in [5.41, 5.74) is 4.31. The molecule has 1 aliphatic carbocycles. The van der Waals surface area contributed by atoms with Crippen LogP contribution in [0.25, 0.3) is 10.9 Å². The van der Waals surface area contributed by atoms with Crippen LogP contribution in [-0.2, 0) is 5.54 Å². The Morgan fingerprint density at radius 2 is 1.68 bits per heavy atom. The molecule has 3 aromatic rings. The zero-order chi connectivity index (χ0) is 21.4. The molecular weight excluding hydrogens is 388 g/mol. The van der Waals surface area contributed by atoms with Crippen LogP contribution in [0.15, 0.2) is 54.7 Å². The van der Waals surface area contributed by atoms with E-state index in [1.165, 1.54) is 11.3 Å². The second kappa shape index (κ2) is 6.13. The molecule has 6 rings (SSSR count). The third kappa shape index (κ3) is 2.39. The molecular formula is C25H26N4O2. The third-order valence-corrected chi connectivity index (χ3v) is 7.84. The van der Waals surface area contributed by atoms with E-state index in [0.29, 0.717) is 6.54 Å². The Labute approximate surface area is 181 Å². The third-order valence-electron chi connectivity index (χ3n) is 7.84. The van der Waals surface area contributed by atoms with Crippen molar-refractivity contribution in [1.29, 1.82) is 0 Å². The molecule has 0 atom stereocenters. The molecule has 0 bridgehead atoms. The predicted molar refractivity (Wildman–Crippen MR) is 122 cm³/mol. The number of amides is 2. The number of benzene rings is 2. The van der Waals surface area contributed by atoms with Gasteiger partial charge in [-0.1, -0.05) is 36.4 Å². The van der Waals surface area contributed by atoms with Crippen molar-refractivity contribution in [3.63, 3.8) is 0 Å². The molecule has 3 heterocycles. The van der Waals surface area contributed by atoms with Gasteiger partial charge in [0.2, 0.25) is 5.91 Å². The van der Waals surface area contributed by atoms with Gasteiger partial charge >= 0.3 is 6.03 Å². The fraction of sp³-hybridized carbons (Fsp3) is 0.360. The van der Waals surface area contributed by atoms with Gasteiger partial charge in [0.05, 0.1) is 28.8 Å². The number of aromatic nitrogens is 1. The van der Waals surface area contributed by atoms with Gasteiger partial charge in [0.15, 0.2) is 0 Å². The lowest BCUT2D eigenvalue weighted by Gasteiger charge is -2.58. The van der Waals surface area contributed by atoms with Crippen LogP contribution in [0.4, 0.5) is 16.2 Å². The predicted octanol–water partition coefficient (Wildman–Crippen LogP) is 4.49. The number of rotatable bonds is 1. The maximum atomic E-state index is 13.1. The highest BCUT2D eigenvalue weighted by molar-refractivity contribution is 6.07. The lowest BCUT2D eigenvalue weighted by atomic mass is 9.64. The average molecular weight is 415 g/mol. The molecule has 2 fully saturated rings. The topological polar surface area (TPSA) is 57.6 Å². The minimum Gasteiger partial charge on any atom is -0.364 e. The van der Waals surface area contributed by atoms with Gasteiger partial charge in [0.25, 0.3) is 0 Å². The SMILES string of the molecule is CC(=O)n1cc(N2C[C@]3(CC[C@]4(CC3)c3ccccc3N4C)NC2=O)c2ccccc21. The van der Waals surface area contributed by atoms with E-state index in [2.05, 4.69) is 41.5 Å². The van der Waals surface area contributed by atoms with Crippen molar-refractivity contribution in [1.82, 2.24) is 9.88 Å². The highest BCUT2D eigenvalue weighted by atomic mass is 16.2. The second-order valence-corrected chi connectivity index (χ2v) is 9.32. The summed E-state index contributed by atoms with van der Waals surface area (Å²) in [6, 6.07) is 16.4. The van der Waals surface area contributed by atoms with Crippen LogP contribution in [-0.4, -0.2) is 35.6 Å². The molecule has 0 radical (unpaired) electrons. The summed E-state index contributed by atoms with van der Waals surface area (Å²) in [5, 5.41) is 4.26. The molecule has 2 aliphatic heterocycles. The molecule has 1 saturated carbocycles. The van der Waals surface area contributed by atoms with Crippen LogP contribution in [0.1, 0.15) is 43.0 Å². The Bertz CT molecular complexity index is 1240. The largest absolute Gasteiger partial charge is 0.364 e. The highest BCUT2D eigenvalue weighted by Gasteiger charge is 2.55. The van der Waals surface area contributed by atoms with Crippen LogP contribution in [0, 0.1) is 0 Å². The van der Waals surface area contributed by atoms with Gasteiger partial charge in [0.1, 0.15) is 0 Å². The quantitative estimate of drug-likeness (QED) is 0.638. The average Bonchev–Trinajstić information content (AvgIpc) is 3.32. The smallest absolute Gasteiger partial charge is 0.322 e. The van der Waals surface area contributed by atoms with E-state index in [1.807, 2.05) is 35.4 Å². The summed E-state index contributed by atoms with van der Waals surface area (Å²) in [4.78, 5) is 29.5. The minimum atomic E-state index is -0.215. The van der Waals surface area contributed by atoms with Crippen LogP contribution in [0.5, 0.6) is 0 Å².